The monoisotopic (exact) mass is 246 g/mol. The molecular weight excluding hydrogens is 232 g/mol. The Morgan fingerprint density at radius 3 is 2.24 bits per heavy atom. The Hall–Kier alpha value is -1.67. The summed E-state index contributed by atoms with van der Waals surface area (Å²) in [4.78, 5) is 0. The van der Waals surface area contributed by atoms with Crippen molar-refractivity contribution in [3.8, 4) is 0 Å². The van der Waals surface area contributed by atoms with Crippen LogP contribution in [-0.4, -0.2) is 0 Å². The first-order valence-electron chi connectivity index (χ1n) is 5.45. The summed E-state index contributed by atoms with van der Waals surface area (Å²) in [6.07, 6.45) is 0. The zero-order chi connectivity index (χ0) is 12.4. The lowest BCUT2D eigenvalue weighted by Crippen LogP contribution is -1.98. The van der Waals surface area contributed by atoms with Crippen molar-refractivity contribution in [1.82, 2.24) is 0 Å². The number of anilines is 3. The van der Waals surface area contributed by atoms with Crippen molar-refractivity contribution < 1.29 is 0 Å². The number of hydrogen-bond donors (Lipinski definition) is 2. The van der Waals surface area contributed by atoms with Crippen molar-refractivity contribution >= 4 is 28.7 Å². The van der Waals surface area contributed by atoms with E-state index in [9.17, 15) is 0 Å². The average Bonchev–Trinajstić information content (AvgIpc) is 2.29. The minimum Gasteiger partial charge on any atom is -0.397 e. The van der Waals surface area contributed by atoms with Gasteiger partial charge in [-0.2, -0.15) is 0 Å². The van der Waals surface area contributed by atoms with Gasteiger partial charge in [-0.15, -0.1) is 0 Å². The number of rotatable bonds is 2. The molecule has 0 fully saturated rings. The molecule has 0 atom stereocenters. The molecule has 17 heavy (non-hydrogen) atoms. The highest BCUT2D eigenvalue weighted by molar-refractivity contribution is 6.30. The SMILES string of the molecule is Cc1cc(N)c(Nc2ccc(Cl)cc2)cc1C. The second-order valence-electron chi connectivity index (χ2n) is 4.16. The summed E-state index contributed by atoms with van der Waals surface area (Å²) < 4.78 is 0. The first-order chi connectivity index (χ1) is 8.06. The fourth-order valence-electron chi connectivity index (χ4n) is 1.64. The lowest BCUT2D eigenvalue weighted by Gasteiger charge is -2.12. The lowest BCUT2D eigenvalue weighted by atomic mass is 10.1. The average molecular weight is 247 g/mol. The van der Waals surface area contributed by atoms with Crippen LogP contribution < -0.4 is 11.1 Å². The van der Waals surface area contributed by atoms with Gasteiger partial charge >= 0.3 is 0 Å². The van der Waals surface area contributed by atoms with Gasteiger partial charge in [0.15, 0.2) is 0 Å². The van der Waals surface area contributed by atoms with Crippen LogP contribution in [0, 0.1) is 13.8 Å². The Balaban J connectivity index is 2.30. The molecule has 3 N–H and O–H groups in total. The molecule has 0 spiro atoms. The second kappa shape index (κ2) is 4.68. The van der Waals surface area contributed by atoms with Crippen molar-refractivity contribution in [2.75, 3.05) is 11.1 Å². The van der Waals surface area contributed by atoms with Gasteiger partial charge in [0.05, 0.1) is 11.4 Å². The summed E-state index contributed by atoms with van der Waals surface area (Å²) in [5.74, 6) is 0. The third-order valence-electron chi connectivity index (χ3n) is 2.79. The Labute approximate surface area is 106 Å². The number of halogens is 1. The molecule has 0 aliphatic carbocycles. The van der Waals surface area contributed by atoms with Gasteiger partial charge in [0.2, 0.25) is 0 Å². The minimum atomic E-state index is 0.726. The van der Waals surface area contributed by atoms with E-state index in [2.05, 4.69) is 25.2 Å². The Morgan fingerprint density at radius 1 is 1.00 bits per heavy atom. The molecule has 0 amide bonds. The van der Waals surface area contributed by atoms with Gasteiger partial charge in [-0.3, -0.25) is 0 Å². The Morgan fingerprint density at radius 2 is 1.59 bits per heavy atom. The predicted octanol–water partition coefficient (Wildman–Crippen LogP) is 4.28. The zero-order valence-corrected chi connectivity index (χ0v) is 10.7. The molecule has 0 aliphatic heterocycles. The Bertz CT molecular complexity index is 533. The number of nitrogen functional groups attached to an aromatic ring is 1. The summed E-state index contributed by atoms with van der Waals surface area (Å²) in [7, 11) is 0. The third kappa shape index (κ3) is 2.71. The maximum atomic E-state index is 5.98. The molecule has 0 aromatic heterocycles. The number of aryl methyl sites for hydroxylation is 2. The van der Waals surface area contributed by atoms with Crippen LogP contribution in [0.3, 0.4) is 0 Å². The number of nitrogens with two attached hydrogens (primary N) is 1. The highest BCUT2D eigenvalue weighted by Gasteiger charge is 2.02. The van der Waals surface area contributed by atoms with Crippen LogP contribution in [0.5, 0.6) is 0 Å². The van der Waals surface area contributed by atoms with E-state index in [1.54, 1.807) is 0 Å². The lowest BCUT2D eigenvalue weighted by molar-refractivity contribution is 1.34. The smallest absolute Gasteiger partial charge is 0.0620 e. The maximum Gasteiger partial charge on any atom is 0.0620 e. The zero-order valence-electron chi connectivity index (χ0n) is 9.92. The summed E-state index contributed by atoms with van der Waals surface area (Å²) in [5, 5.41) is 4.01. The van der Waals surface area contributed by atoms with Crippen LogP contribution in [0.15, 0.2) is 36.4 Å². The van der Waals surface area contributed by atoms with E-state index in [-0.39, 0.29) is 0 Å². The van der Waals surface area contributed by atoms with Crippen molar-refractivity contribution in [3.05, 3.63) is 52.5 Å². The standard InChI is InChI=1S/C14H15ClN2/c1-9-7-13(16)14(8-10(9)2)17-12-5-3-11(15)4-6-12/h3-8,17H,16H2,1-2H3. The summed E-state index contributed by atoms with van der Waals surface area (Å²) in [6.45, 7) is 4.12. The van der Waals surface area contributed by atoms with Crippen LogP contribution in [-0.2, 0) is 0 Å². The molecule has 0 aliphatic rings. The molecule has 88 valence electrons. The van der Waals surface area contributed by atoms with E-state index in [4.69, 9.17) is 17.3 Å². The highest BCUT2D eigenvalue weighted by atomic mass is 35.5. The Kier molecular flexibility index (Phi) is 3.25. The highest BCUT2D eigenvalue weighted by Crippen LogP contribution is 2.26. The topological polar surface area (TPSA) is 38.0 Å². The van der Waals surface area contributed by atoms with Crippen LogP contribution >= 0.6 is 11.6 Å². The molecule has 0 unspecified atom stereocenters. The molecule has 0 heterocycles. The number of benzene rings is 2. The van der Waals surface area contributed by atoms with Gasteiger partial charge in [0, 0.05) is 10.7 Å². The summed E-state index contributed by atoms with van der Waals surface area (Å²) >= 11 is 5.84. The van der Waals surface area contributed by atoms with Crippen molar-refractivity contribution in [2.45, 2.75) is 13.8 Å². The van der Waals surface area contributed by atoms with Crippen LogP contribution in [0.25, 0.3) is 0 Å². The number of hydrogen-bond acceptors (Lipinski definition) is 2. The quantitative estimate of drug-likeness (QED) is 0.776. The molecule has 0 radical (unpaired) electrons. The van der Waals surface area contributed by atoms with E-state index in [0.29, 0.717) is 0 Å². The number of nitrogens with one attached hydrogen (secondary N) is 1. The minimum absolute atomic E-state index is 0.726. The van der Waals surface area contributed by atoms with E-state index < -0.39 is 0 Å². The van der Waals surface area contributed by atoms with Crippen molar-refractivity contribution in [1.29, 1.82) is 0 Å². The fraction of sp³-hybridized carbons (Fsp3) is 0.143. The molecular formula is C14H15ClN2. The molecule has 0 bridgehead atoms. The molecule has 0 saturated carbocycles. The molecule has 3 heteroatoms. The largest absolute Gasteiger partial charge is 0.397 e. The van der Waals surface area contributed by atoms with Crippen molar-refractivity contribution in [2.24, 2.45) is 0 Å². The van der Waals surface area contributed by atoms with Crippen LogP contribution in [0.2, 0.25) is 5.02 Å². The summed E-state index contributed by atoms with van der Waals surface area (Å²) in [6, 6.07) is 11.6. The van der Waals surface area contributed by atoms with Gasteiger partial charge in [-0.25, -0.2) is 0 Å². The normalized spacial score (nSPS) is 10.3. The molecule has 0 saturated heterocycles. The van der Waals surface area contributed by atoms with Gasteiger partial charge in [0.1, 0.15) is 0 Å². The van der Waals surface area contributed by atoms with Crippen LogP contribution in [0.1, 0.15) is 11.1 Å². The van der Waals surface area contributed by atoms with E-state index in [1.165, 1.54) is 11.1 Å². The fourth-order valence-corrected chi connectivity index (χ4v) is 1.76. The maximum absolute atomic E-state index is 5.98. The van der Waals surface area contributed by atoms with Gasteiger partial charge in [-0.05, 0) is 61.4 Å². The summed E-state index contributed by atoms with van der Waals surface area (Å²) in [5.41, 5.74) is 11.1. The van der Waals surface area contributed by atoms with Crippen molar-refractivity contribution in [3.63, 3.8) is 0 Å². The van der Waals surface area contributed by atoms with E-state index >= 15 is 0 Å². The molecule has 2 nitrogen and oxygen atoms in total. The first kappa shape index (κ1) is 11.8. The first-order valence-corrected chi connectivity index (χ1v) is 5.83. The van der Waals surface area contributed by atoms with Gasteiger partial charge < -0.3 is 11.1 Å². The van der Waals surface area contributed by atoms with Gasteiger partial charge in [-0.1, -0.05) is 11.6 Å². The second-order valence-corrected chi connectivity index (χ2v) is 4.59. The van der Waals surface area contributed by atoms with Crippen LogP contribution in [0.4, 0.5) is 17.1 Å². The molecule has 2 aromatic rings. The van der Waals surface area contributed by atoms with Gasteiger partial charge in [0.25, 0.3) is 0 Å². The predicted molar refractivity (Wildman–Crippen MR) is 75.1 cm³/mol. The van der Waals surface area contributed by atoms with E-state index in [0.717, 1.165) is 22.1 Å². The molecule has 2 rings (SSSR count). The third-order valence-corrected chi connectivity index (χ3v) is 3.04. The molecule has 2 aromatic carbocycles. The van der Waals surface area contributed by atoms with E-state index in [1.807, 2.05) is 30.3 Å².